The predicted molar refractivity (Wildman–Crippen MR) is 186 cm³/mol. The molecule has 1 aromatic heterocycles. The average molecular weight is 569 g/mol. The zero-order valence-electron chi connectivity index (χ0n) is 23.5. The zero-order valence-corrected chi connectivity index (χ0v) is 24.3. The van der Waals surface area contributed by atoms with E-state index in [1.54, 1.807) is 0 Å². The highest BCUT2D eigenvalue weighted by Gasteiger charge is 2.23. The summed E-state index contributed by atoms with van der Waals surface area (Å²) in [4.78, 5) is 4.77. The number of nitrogens with zero attached hydrogens (tertiary/aromatic N) is 2. The Kier molecular flexibility index (Phi) is 6.36. The monoisotopic (exact) mass is 568 g/mol. The number of hydrogen-bond donors (Lipinski definition) is 0. The third kappa shape index (κ3) is 4.51. The number of rotatable bonds is 6. The van der Waals surface area contributed by atoms with Crippen molar-refractivity contribution in [2.45, 2.75) is 0 Å². The summed E-state index contributed by atoms with van der Waals surface area (Å²) in [5.41, 5.74) is 6.76. The highest BCUT2D eigenvalue weighted by Crippen LogP contribution is 2.49. The number of benzene rings is 7. The second-order valence-electron chi connectivity index (χ2n) is 10.6. The molecule has 204 valence electrons. The van der Waals surface area contributed by atoms with Crippen LogP contribution in [0, 0.1) is 0 Å². The van der Waals surface area contributed by atoms with E-state index in [0.29, 0.717) is 0 Å². The van der Waals surface area contributed by atoms with Crippen molar-refractivity contribution in [3.05, 3.63) is 170 Å². The fourth-order valence-corrected chi connectivity index (χ4v) is 7.30. The number of hydrogen-bond acceptors (Lipinski definition) is 3. The molecule has 0 bridgehead atoms. The number of fused-ring (bicyclic) bond motifs is 5. The van der Waals surface area contributed by atoms with Gasteiger partial charge in [-0.3, -0.25) is 0 Å². The van der Waals surface area contributed by atoms with E-state index < -0.39 is 0 Å². The molecule has 0 N–H and O–H groups in total. The van der Waals surface area contributed by atoms with E-state index in [1.165, 1.54) is 30.9 Å². The van der Waals surface area contributed by atoms with Gasteiger partial charge in [-0.05, 0) is 77.5 Å². The molecule has 0 aliphatic heterocycles. The molecule has 0 saturated heterocycles. The molecule has 7 aromatic carbocycles. The SMILES string of the molecule is c1ccc(N(c2ccccc2)c2cc(N(c3ccccc3)c3ccccc3)c3sc4ccc5ccccc5c4c3c2)cc1. The van der Waals surface area contributed by atoms with Crippen LogP contribution in [0.1, 0.15) is 0 Å². The molecule has 3 heteroatoms. The molecule has 0 aliphatic rings. The first kappa shape index (κ1) is 25.3. The molecule has 0 amide bonds. The minimum Gasteiger partial charge on any atom is -0.310 e. The van der Waals surface area contributed by atoms with Crippen LogP contribution in [0.5, 0.6) is 0 Å². The molecule has 43 heavy (non-hydrogen) atoms. The first-order chi connectivity index (χ1) is 21.3. The second kappa shape index (κ2) is 10.8. The largest absolute Gasteiger partial charge is 0.310 e. The first-order valence-electron chi connectivity index (χ1n) is 14.5. The van der Waals surface area contributed by atoms with Crippen LogP contribution < -0.4 is 9.80 Å². The maximum Gasteiger partial charge on any atom is 0.0661 e. The fraction of sp³-hybridized carbons (Fsp3) is 0. The lowest BCUT2D eigenvalue weighted by molar-refractivity contribution is 1.26. The van der Waals surface area contributed by atoms with Crippen LogP contribution in [-0.2, 0) is 0 Å². The summed E-state index contributed by atoms with van der Waals surface area (Å²) in [5.74, 6) is 0. The first-order valence-corrected chi connectivity index (χ1v) is 15.4. The zero-order chi connectivity index (χ0) is 28.6. The van der Waals surface area contributed by atoms with Gasteiger partial charge in [0.15, 0.2) is 0 Å². The smallest absolute Gasteiger partial charge is 0.0661 e. The molecule has 0 atom stereocenters. The standard InChI is InChI=1S/C40H28N2S/c1-5-16-30(17-6-1)41(31-18-7-2-8-19-31)34-27-36-39-35-24-14-13-15-29(35)25-26-38(39)43-40(36)37(28-34)42(32-20-9-3-10-21-32)33-22-11-4-12-23-33/h1-28H. The van der Waals surface area contributed by atoms with E-state index >= 15 is 0 Å². The predicted octanol–water partition coefficient (Wildman–Crippen LogP) is 12.1. The minimum atomic E-state index is 1.12. The fourth-order valence-electron chi connectivity index (χ4n) is 6.09. The number of para-hydroxylation sites is 4. The van der Waals surface area contributed by atoms with Gasteiger partial charge in [-0.2, -0.15) is 0 Å². The third-order valence-electron chi connectivity index (χ3n) is 7.98. The molecule has 0 spiro atoms. The molecule has 0 saturated carbocycles. The topological polar surface area (TPSA) is 6.48 Å². The van der Waals surface area contributed by atoms with Crippen molar-refractivity contribution in [2.24, 2.45) is 0 Å². The van der Waals surface area contributed by atoms with Crippen LogP contribution in [0.25, 0.3) is 30.9 Å². The Morgan fingerprint density at radius 3 is 1.42 bits per heavy atom. The molecule has 0 radical (unpaired) electrons. The minimum absolute atomic E-state index is 1.12. The average Bonchev–Trinajstić information content (AvgIpc) is 3.47. The molecule has 1 heterocycles. The van der Waals surface area contributed by atoms with E-state index in [2.05, 4.69) is 180 Å². The van der Waals surface area contributed by atoms with Crippen molar-refractivity contribution >= 4 is 76.4 Å². The number of thiophene rings is 1. The normalized spacial score (nSPS) is 11.3. The van der Waals surface area contributed by atoms with E-state index in [4.69, 9.17) is 0 Å². The Balaban J connectivity index is 1.51. The van der Waals surface area contributed by atoms with Gasteiger partial charge in [0, 0.05) is 43.9 Å². The van der Waals surface area contributed by atoms with Gasteiger partial charge in [-0.25, -0.2) is 0 Å². The highest BCUT2D eigenvalue weighted by molar-refractivity contribution is 7.26. The van der Waals surface area contributed by atoms with Gasteiger partial charge >= 0.3 is 0 Å². The van der Waals surface area contributed by atoms with Crippen molar-refractivity contribution < 1.29 is 0 Å². The third-order valence-corrected chi connectivity index (χ3v) is 9.18. The van der Waals surface area contributed by atoms with Crippen LogP contribution in [0.3, 0.4) is 0 Å². The molecule has 0 aliphatic carbocycles. The van der Waals surface area contributed by atoms with Gasteiger partial charge in [0.25, 0.3) is 0 Å². The van der Waals surface area contributed by atoms with Gasteiger partial charge in [-0.1, -0.05) is 103 Å². The number of anilines is 6. The lowest BCUT2D eigenvalue weighted by atomic mass is 10.0. The molecule has 8 aromatic rings. The summed E-state index contributed by atoms with van der Waals surface area (Å²) in [6.07, 6.45) is 0. The van der Waals surface area contributed by atoms with Gasteiger partial charge < -0.3 is 9.80 Å². The summed E-state index contributed by atoms with van der Waals surface area (Å²) in [5, 5.41) is 5.11. The molecule has 0 fully saturated rings. The summed E-state index contributed by atoms with van der Waals surface area (Å²) in [6.45, 7) is 0. The summed E-state index contributed by atoms with van der Waals surface area (Å²) >= 11 is 1.87. The maximum absolute atomic E-state index is 2.40. The van der Waals surface area contributed by atoms with Gasteiger partial charge in [0.05, 0.1) is 10.4 Å². The van der Waals surface area contributed by atoms with E-state index in [-0.39, 0.29) is 0 Å². The van der Waals surface area contributed by atoms with Gasteiger partial charge in [-0.15, -0.1) is 11.3 Å². The van der Waals surface area contributed by atoms with Crippen LogP contribution in [0.15, 0.2) is 170 Å². The summed E-state index contributed by atoms with van der Waals surface area (Å²) in [6, 6.07) is 60.8. The van der Waals surface area contributed by atoms with E-state index in [9.17, 15) is 0 Å². The van der Waals surface area contributed by atoms with Crippen molar-refractivity contribution in [3.8, 4) is 0 Å². The van der Waals surface area contributed by atoms with Crippen LogP contribution in [-0.4, -0.2) is 0 Å². The lowest BCUT2D eigenvalue weighted by Gasteiger charge is -2.30. The highest BCUT2D eigenvalue weighted by atomic mass is 32.1. The van der Waals surface area contributed by atoms with Gasteiger partial charge in [0.1, 0.15) is 0 Å². The summed E-state index contributed by atoms with van der Waals surface area (Å²) in [7, 11) is 0. The molecular formula is C40H28N2S. The maximum atomic E-state index is 2.40. The quantitative estimate of drug-likeness (QED) is 0.197. The van der Waals surface area contributed by atoms with E-state index in [1.807, 2.05) is 11.3 Å². The van der Waals surface area contributed by atoms with Gasteiger partial charge in [0.2, 0.25) is 0 Å². The van der Waals surface area contributed by atoms with E-state index in [0.717, 1.165) is 34.1 Å². The van der Waals surface area contributed by atoms with Crippen molar-refractivity contribution in [1.82, 2.24) is 0 Å². The Labute approximate surface area is 255 Å². The molecule has 0 unspecified atom stereocenters. The Hall–Kier alpha value is -5.38. The van der Waals surface area contributed by atoms with Crippen LogP contribution in [0.2, 0.25) is 0 Å². The second-order valence-corrected chi connectivity index (χ2v) is 11.7. The Morgan fingerprint density at radius 2 is 0.860 bits per heavy atom. The lowest BCUT2D eigenvalue weighted by Crippen LogP contribution is -2.13. The van der Waals surface area contributed by atoms with Crippen LogP contribution >= 0.6 is 11.3 Å². The van der Waals surface area contributed by atoms with Crippen LogP contribution in [0.4, 0.5) is 34.1 Å². The van der Waals surface area contributed by atoms with Crippen molar-refractivity contribution in [1.29, 1.82) is 0 Å². The molecular weight excluding hydrogens is 541 g/mol. The van der Waals surface area contributed by atoms with Crippen molar-refractivity contribution in [3.63, 3.8) is 0 Å². The van der Waals surface area contributed by atoms with Crippen molar-refractivity contribution in [2.75, 3.05) is 9.80 Å². The molecule has 2 nitrogen and oxygen atoms in total. The Bertz CT molecular complexity index is 2090. The summed E-state index contributed by atoms with van der Waals surface area (Å²) < 4.78 is 2.56. The Morgan fingerprint density at radius 1 is 0.372 bits per heavy atom. The molecule has 8 rings (SSSR count).